The Labute approximate surface area is 126 Å². The standard InChI is InChI=1S/C16H16BrF2N/c1-2-9-20-16(12-5-3-4-6-14(12)17)13-8-7-11(18)10-15(13)19/h3-8,10,16,20H,2,9H2,1H3. The van der Waals surface area contributed by atoms with Crippen LogP contribution < -0.4 is 5.32 Å². The van der Waals surface area contributed by atoms with Crippen LogP contribution in [0.15, 0.2) is 46.9 Å². The summed E-state index contributed by atoms with van der Waals surface area (Å²) in [6, 6.07) is 11.1. The summed E-state index contributed by atoms with van der Waals surface area (Å²) in [6.45, 7) is 2.80. The lowest BCUT2D eigenvalue weighted by Crippen LogP contribution is -2.24. The molecule has 1 atom stereocenters. The van der Waals surface area contributed by atoms with E-state index in [1.165, 1.54) is 12.1 Å². The van der Waals surface area contributed by atoms with Crippen molar-refractivity contribution < 1.29 is 8.78 Å². The monoisotopic (exact) mass is 339 g/mol. The van der Waals surface area contributed by atoms with Gasteiger partial charge in [0.25, 0.3) is 0 Å². The van der Waals surface area contributed by atoms with Crippen LogP contribution in [0.3, 0.4) is 0 Å². The van der Waals surface area contributed by atoms with Crippen molar-refractivity contribution in [1.29, 1.82) is 0 Å². The van der Waals surface area contributed by atoms with Gasteiger partial charge in [-0.3, -0.25) is 0 Å². The van der Waals surface area contributed by atoms with E-state index >= 15 is 0 Å². The second-order valence-corrected chi connectivity index (χ2v) is 5.43. The van der Waals surface area contributed by atoms with Gasteiger partial charge in [-0.25, -0.2) is 8.78 Å². The highest BCUT2D eigenvalue weighted by Gasteiger charge is 2.19. The summed E-state index contributed by atoms with van der Waals surface area (Å²) in [7, 11) is 0. The summed E-state index contributed by atoms with van der Waals surface area (Å²) in [5, 5.41) is 3.31. The Morgan fingerprint density at radius 3 is 2.50 bits per heavy atom. The third kappa shape index (κ3) is 3.44. The van der Waals surface area contributed by atoms with E-state index in [1.807, 2.05) is 31.2 Å². The Morgan fingerprint density at radius 1 is 1.10 bits per heavy atom. The highest BCUT2D eigenvalue weighted by atomic mass is 79.9. The Hall–Kier alpha value is -1.26. The molecule has 2 rings (SSSR count). The van der Waals surface area contributed by atoms with Gasteiger partial charge in [0.2, 0.25) is 0 Å². The number of benzene rings is 2. The van der Waals surface area contributed by atoms with Gasteiger partial charge in [0, 0.05) is 16.1 Å². The van der Waals surface area contributed by atoms with Crippen molar-refractivity contribution in [3.05, 3.63) is 69.7 Å². The summed E-state index contributed by atoms with van der Waals surface area (Å²) in [6.07, 6.45) is 0.934. The van der Waals surface area contributed by atoms with E-state index in [1.54, 1.807) is 0 Å². The number of hydrogen-bond acceptors (Lipinski definition) is 1. The van der Waals surface area contributed by atoms with E-state index < -0.39 is 11.6 Å². The molecule has 1 nitrogen and oxygen atoms in total. The topological polar surface area (TPSA) is 12.0 Å². The first kappa shape index (κ1) is 15.1. The van der Waals surface area contributed by atoms with Crippen LogP contribution in [0.4, 0.5) is 8.78 Å². The molecule has 0 saturated carbocycles. The summed E-state index contributed by atoms with van der Waals surface area (Å²) in [5.74, 6) is -1.10. The van der Waals surface area contributed by atoms with E-state index in [4.69, 9.17) is 0 Å². The third-order valence-electron chi connectivity index (χ3n) is 3.09. The molecule has 0 bridgehead atoms. The van der Waals surface area contributed by atoms with E-state index in [0.29, 0.717) is 5.56 Å². The minimum Gasteiger partial charge on any atom is -0.306 e. The van der Waals surface area contributed by atoms with E-state index in [2.05, 4.69) is 21.2 Å². The first-order chi connectivity index (χ1) is 9.63. The lowest BCUT2D eigenvalue weighted by atomic mass is 9.98. The highest BCUT2D eigenvalue weighted by molar-refractivity contribution is 9.10. The van der Waals surface area contributed by atoms with Gasteiger partial charge in [-0.1, -0.05) is 47.1 Å². The van der Waals surface area contributed by atoms with Gasteiger partial charge < -0.3 is 5.32 Å². The van der Waals surface area contributed by atoms with Crippen molar-refractivity contribution in [2.24, 2.45) is 0 Å². The largest absolute Gasteiger partial charge is 0.306 e. The van der Waals surface area contributed by atoms with E-state index in [-0.39, 0.29) is 6.04 Å². The number of halogens is 3. The minimum atomic E-state index is -0.562. The zero-order chi connectivity index (χ0) is 14.5. The average molecular weight is 340 g/mol. The van der Waals surface area contributed by atoms with Gasteiger partial charge in [-0.15, -0.1) is 0 Å². The molecule has 2 aromatic carbocycles. The Kier molecular flexibility index (Phi) is 5.26. The van der Waals surface area contributed by atoms with Crippen LogP contribution in [-0.2, 0) is 0 Å². The summed E-state index contributed by atoms with van der Waals surface area (Å²) < 4.78 is 28.0. The molecular formula is C16H16BrF2N. The zero-order valence-corrected chi connectivity index (χ0v) is 12.8. The molecule has 0 aliphatic carbocycles. The van der Waals surface area contributed by atoms with Crippen molar-refractivity contribution in [1.82, 2.24) is 5.32 Å². The first-order valence-corrected chi connectivity index (χ1v) is 7.35. The number of nitrogens with one attached hydrogen (secondary N) is 1. The number of rotatable bonds is 5. The van der Waals surface area contributed by atoms with Crippen molar-refractivity contribution in [3.8, 4) is 0 Å². The second kappa shape index (κ2) is 6.95. The molecule has 1 N–H and O–H groups in total. The zero-order valence-electron chi connectivity index (χ0n) is 11.2. The molecule has 0 aliphatic rings. The van der Waals surface area contributed by atoms with Crippen LogP contribution >= 0.6 is 15.9 Å². The van der Waals surface area contributed by atoms with Crippen LogP contribution in [0.5, 0.6) is 0 Å². The molecule has 0 aromatic heterocycles. The molecule has 0 spiro atoms. The van der Waals surface area contributed by atoms with E-state index in [0.717, 1.165) is 29.1 Å². The Balaban J connectivity index is 2.44. The SMILES string of the molecule is CCCNC(c1ccc(F)cc1F)c1ccccc1Br. The fourth-order valence-corrected chi connectivity index (χ4v) is 2.63. The average Bonchev–Trinajstić information content (AvgIpc) is 2.42. The quantitative estimate of drug-likeness (QED) is 0.823. The maximum absolute atomic E-state index is 14.0. The molecule has 0 amide bonds. The molecule has 0 saturated heterocycles. The molecule has 1 unspecified atom stereocenters. The molecule has 4 heteroatoms. The predicted octanol–water partition coefficient (Wildman–Crippen LogP) is 4.82. The molecule has 0 radical (unpaired) electrons. The van der Waals surface area contributed by atoms with Crippen LogP contribution in [-0.4, -0.2) is 6.54 Å². The smallest absolute Gasteiger partial charge is 0.131 e. The molecule has 0 aliphatic heterocycles. The van der Waals surface area contributed by atoms with Crippen molar-refractivity contribution in [3.63, 3.8) is 0 Å². The minimum absolute atomic E-state index is 0.300. The fourth-order valence-electron chi connectivity index (χ4n) is 2.12. The predicted molar refractivity (Wildman–Crippen MR) is 80.6 cm³/mol. The summed E-state index contributed by atoms with van der Waals surface area (Å²) in [4.78, 5) is 0. The summed E-state index contributed by atoms with van der Waals surface area (Å²) >= 11 is 3.49. The first-order valence-electron chi connectivity index (χ1n) is 6.56. The molecule has 20 heavy (non-hydrogen) atoms. The second-order valence-electron chi connectivity index (χ2n) is 4.57. The van der Waals surface area contributed by atoms with Crippen LogP contribution in [0.2, 0.25) is 0 Å². The lowest BCUT2D eigenvalue weighted by Gasteiger charge is -2.21. The highest BCUT2D eigenvalue weighted by Crippen LogP contribution is 2.30. The van der Waals surface area contributed by atoms with Gasteiger partial charge in [0.15, 0.2) is 0 Å². The third-order valence-corrected chi connectivity index (χ3v) is 3.81. The van der Waals surface area contributed by atoms with Gasteiger partial charge in [0.1, 0.15) is 11.6 Å². The van der Waals surface area contributed by atoms with Crippen LogP contribution in [0.1, 0.15) is 30.5 Å². The fraction of sp³-hybridized carbons (Fsp3) is 0.250. The van der Waals surface area contributed by atoms with Crippen molar-refractivity contribution >= 4 is 15.9 Å². The maximum atomic E-state index is 14.0. The Morgan fingerprint density at radius 2 is 1.85 bits per heavy atom. The summed E-state index contributed by atoms with van der Waals surface area (Å²) in [5.41, 5.74) is 1.39. The molecular weight excluding hydrogens is 324 g/mol. The maximum Gasteiger partial charge on any atom is 0.131 e. The Bertz CT molecular complexity index is 586. The van der Waals surface area contributed by atoms with E-state index in [9.17, 15) is 8.78 Å². The van der Waals surface area contributed by atoms with Crippen molar-refractivity contribution in [2.45, 2.75) is 19.4 Å². The van der Waals surface area contributed by atoms with Crippen LogP contribution in [0.25, 0.3) is 0 Å². The molecule has 106 valence electrons. The van der Waals surface area contributed by atoms with Gasteiger partial charge >= 0.3 is 0 Å². The molecule has 0 fully saturated rings. The molecule has 2 aromatic rings. The van der Waals surface area contributed by atoms with Gasteiger partial charge in [-0.05, 0) is 30.7 Å². The van der Waals surface area contributed by atoms with Crippen LogP contribution in [0, 0.1) is 11.6 Å². The van der Waals surface area contributed by atoms with Gasteiger partial charge in [0.05, 0.1) is 6.04 Å². The normalized spacial score (nSPS) is 12.4. The van der Waals surface area contributed by atoms with Crippen molar-refractivity contribution in [2.75, 3.05) is 6.54 Å². The number of hydrogen-bond donors (Lipinski definition) is 1. The lowest BCUT2D eigenvalue weighted by molar-refractivity contribution is 0.532. The van der Waals surface area contributed by atoms with Gasteiger partial charge in [-0.2, -0.15) is 0 Å². The molecule has 0 heterocycles.